The summed E-state index contributed by atoms with van der Waals surface area (Å²) in [6, 6.07) is 0.814. The van der Waals surface area contributed by atoms with Crippen LogP contribution in [0.3, 0.4) is 0 Å². The molecule has 9 heavy (non-hydrogen) atoms. The van der Waals surface area contributed by atoms with Crippen molar-refractivity contribution in [1.82, 2.24) is 4.31 Å². The number of rotatable bonds is 1. The molecule has 0 N–H and O–H groups in total. The molecule has 54 valence electrons. The average molecular weight is 145 g/mol. The number of hydrogen-bond acceptors (Lipinski definition) is 2. The van der Waals surface area contributed by atoms with E-state index in [1.54, 1.807) is 0 Å². The summed E-state index contributed by atoms with van der Waals surface area (Å²) in [4.78, 5) is 0. The molecule has 0 spiro atoms. The van der Waals surface area contributed by atoms with Crippen LogP contribution in [0.25, 0.3) is 0 Å². The van der Waals surface area contributed by atoms with E-state index in [-0.39, 0.29) is 0 Å². The van der Waals surface area contributed by atoms with E-state index in [1.165, 1.54) is 25.8 Å². The summed E-state index contributed by atoms with van der Waals surface area (Å²) < 4.78 is 2.48. The van der Waals surface area contributed by atoms with Crippen LogP contribution in [0, 0.1) is 0 Å². The van der Waals surface area contributed by atoms with Gasteiger partial charge in [0.25, 0.3) is 0 Å². The molecule has 0 aliphatic carbocycles. The van der Waals surface area contributed by atoms with Crippen LogP contribution >= 0.6 is 11.9 Å². The molecule has 1 rings (SSSR count). The third kappa shape index (κ3) is 1.87. The Labute approximate surface area is 61.9 Å². The molecule has 1 atom stereocenters. The van der Waals surface area contributed by atoms with Gasteiger partial charge in [-0.2, -0.15) is 0 Å². The van der Waals surface area contributed by atoms with Crippen molar-refractivity contribution in [3.05, 3.63) is 0 Å². The maximum atomic E-state index is 2.48. The van der Waals surface area contributed by atoms with E-state index in [2.05, 4.69) is 17.5 Å². The summed E-state index contributed by atoms with van der Waals surface area (Å²) in [7, 11) is 0. The Morgan fingerprint density at radius 3 is 2.67 bits per heavy atom. The van der Waals surface area contributed by atoms with E-state index in [1.807, 2.05) is 11.9 Å². The minimum absolute atomic E-state index is 0.814. The third-order valence-corrected chi connectivity index (χ3v) is 2.99. The first kappa shape index (κ1) is 7.42. The Morgan fingerprint density at radius 2 is 2.22 bits per heavy atom. The molecule has 0 bridgehead atoms. The number of hydrogen-bond donors (Lipinski definition) is 0. The van der Waals surface area contributed by atoms with Gasteiger partial charge in [0, 0.05) is 12.6 Å². The van der Waals surface area contributed by atoms with Crippen LogP contribution in [0.15, 0.2) is 0 Å². The quantitative estimate of drug-likeness (QED) is 0.520. The Morgan fingerprint density at radius 1 is 1.44 bits per heavy atom. The molecule has 0 aromatic carbocycles. The second-order valence-electron chi connectivity index (χ2n) is 2.67. The largest absolute Gasteiger partial charge is 0.248 e. The van der Waals surface area contributed by atoms with Gasteiger partial charge in [-0.15, -0.1) is 0 Å². The maximum Gasteiger partial charge on any atom is 0.0174 e. The molecule has 2 heteroatoms. The lowest BCUT2D eigenvalue weighted by molar-refractivity contribution is 0.293. The predicted molar refractivity (Wildman–Crippen MR) is 43.5 cm³/mol. The Hall–Kier alpha value is 0.310. The van der Waals surface area contributed by atoms with Crippen LogP contribution in [-0.4, -0.2) is 23.1 Å². The lowest BCUT2D eigenvalue weighted by Gasteiger charge is -2.30. The monoisotopic (exact) mass is 145 g/mol. The molecule has 0 radical (unpaired) electrons. The second kappa shape index (κ2) is 3.47. The summed E-state index contributed by atoms with van der Waals surface area (Å²) in [5.74, 6) is 0. The minimum Gasteiger partial charge on any atom is -0.248 e. The molecule has 0 aromatic rings. The standard InChI is InChI=1S/C7H15NS/c1-7-5-3-4-6-8(7)9-2/h7H,3-6H2,1-2H3/t7-/m0/s1. The predicted octanol–water partition coefficient (Wildman–Crippen LogP) is 2.14. The first-order chi connectivity index (χ1) is 4.34. The van der Waals surface area contributed by atoms with Gasteiger partial charge in [-0.1, -0.05) is 18.4 Å². The summed E-state index contributed by atoms with van der Waals surface area (Å²) in [6.45, 7) is 3.61. The normalized spacial score (nSPS) is 30.7. The molecule has 1 saturated heterocycles. The van der Waals surface area contributed by atoms with Crippen molar-refractivity contribution in [3.8, 4) is 0 Å². The van der Waals surface area contributed by atoms with Crippen LogP contribution in [0.2, 0.25) is 0 Å². The van der Waals surface area contributed by atoms with E-state index in [9.17, 15) is 0 Å². The number of piperidine rings is 1. The molecule has 1 aliphatic heterocycles. The van der Waals surface area contributed by atoms with Crippen molar-refractivity contribution < 1.29 is 0 Å². The van der Waals surface area contributed by atoms with Crippen LogP contribution in [-0.2, 0) is 0 Å². The lowest BCUT2D eigenvalue weighted by atomic mass is 10.1. The highest BCUT2D eigenvalue weighted by Crippen LogP contribution is 2.21. The molecule has 0 unspecified atom stereocenters. The van der Waals surface area contributed by atoms with Crippen molar-refractivity contribution >= 4 is 11.9 Å². The number of nitrogens with zero attached hydrogens (tertiary/aromatic N) is 1. The van der Waals surface area contributed by atoms with E-state index in [4.69, 9.17) is 0 Å². The minimum atomic E-state index is 0.814. The van der Waals surface area contributed by atoms with Crippen LogP contribution in [0.1, 0.15) is 26.2 Å². The van der Waals surface area contributed by atoms with Gasteiger partial charge in [0.1, 0.15) is 0 Å². The van der Waals surface area contributed by atoms with Crippen molar-refractivity contribution in [2.24, 2.45) is 0 Å². The molecule has 0 aromatic heterocycles. The Kier molecular flexibility index (Phi) is 2.86. The Balaban J connectivity index is 2.30. The molecular formula is C7H15NS. The molecule has 1 aliphatic rings. The van der Waals surface area contributed by atoms with Gasteiger partial charge < -0.3 is 0 Å². The first-order valence-electron chi connectivity index (χ1n) is 3.65. The highest BCUT2D eigenvalue weighted by Gasteiger charge is 2.16. The zero-order chi connectivity index (χ0) is 6.69. The van der Waals surface area contributed by atoms with Crippen molar-refractivity contribution in [3.63, 3.8) is 0 Å². The van der Waals surface area contributed by atoms with Gasteiger partial charge in [-0.3, -0.25) is 0 Å². The fraction of sp³-hybridized carbons (Fsp3) is 1.00. The van der Waals surface area contributed by atoms with Gasteiger partial charge in [0.05, 0.1) is 0 Å². The maximum absolute atomic E-state index is 2.48. The fourth-order valence-electron chi connectivity index (χ4n) is 1.34. The summed E-state index contributed by atoms with van der Waals surface area (Å²) in [6.07, 6.45) is 6.38. The van der Waals surface area contributed by atoms with E-state index in [0.717, 1.165) is 6.04 Å². The smallest absolute Gasteiger partial charge is 0.0174 e. The van der Waals surface area contributed by atoms with Gasteiger partial charge in [-0.05, 0) is 26.0 Å². The highest BCUT2D eigenvalue weighted by atomic mass is 32.2. The zero-order valence-corrected chi connectivity index (χ0v) is 7.08. The lowest BCUT2D eigenvalue weighted by Crippen LogP contribution is -2.31. The van der Waals surface area contributed by atoms with Crippen molar-refractivity contribution in [2.45, 2.75) is 32.2 Å². The average Bonchev–Trinajstić information content (AvgIpc) is 1.89. The van der Waals surface area contributed by atoms with Gasteiger partial charge in [0.2, 0.25) is 0 Å². The topological polar surface area (TPSA) is 3.24 Å². The molecular weight excluding hydrogens is 130 g/mol. The molecule has 1 heterocycles. The molecule has 0 amide bonds. The second-order valence-corrected chi connectivity index (χ2v) is 3.50. The fourth-order valence-corrected chi connectivity index (χ4v) is 2.12. The van der Waals surface area contributed by atoms with Crippen LogP contribution in [0.5, 0.6) is 0 Å². The van der Waals surface area contributed by atoms with Gasteiger partial charge >= 0.3 is 0 Å². The van der Waals surface area contributed by atoms with Crippen LogP contribution in [0.4, 0.5) is 0 Å². The summed E-state index contributed by atoms with van der Waals surface area (Å²) >= 11 is 1.89. The van der Waals surface area contributed by atoms with Crippen LogP contribution < -0.4 is 0 Å². The highest BCUT2D eigenvalue weighted by molar-refractivity contribution is 7.96. The van der Waals surface area contributed by atoms with Gasteiger partial charge in [-0.25, -0.2) is 4.31 Å². The zero-order valence-electron chi connectivity index (χ0n) is 6.26. The third-order valence-electron chi connectivity index (χ3n) is 1.98. The van der Waals surface area contributed by atoms with Crippen molar-refractivity contribution in [1.29, 1.82) is 0 Å². The molecule has 0 saturated carbocycles. The SMILES string of the molecule is CSN1CCCC[C@@H]1C. The Bertz CT molecular complexity index is 85.0. The van der Waals surface area contributed by atoms with E-state index in [0.29, 0.717) is 0 Å². The van der Waals surface area contributed by atoms with E-state index >= 15 is 0 Å². The summed E-state index contributed by atoms with van der Waals surface area (Å²) in [5.41, 5.74) is 0. The molecule has 1 fully saturated rings. The van der Waals surface area contributed by atoms with Gasteiger partial charge in [0.15, 0.2) is 0 Å². The van der Waals surface area contributed by atoms with Crippen molar-refractivity contribution in [2.75, 3.05) is 12.8 Å². The molecule has 1 nitrogen and oxygen atoms in total. The summed E-state index contributed by atoms with van der Waals surface area (Å²) in [5, 5.41) is 0. The first-order valence-corrected chi connectivity index (χ1v) is 4.83. The van der Waals surface area contributed by atoms with E-state index < -0.39 is 0 Å².